The number of nitrogens with one attached hydrogen (secondary N) is 1. The summed E-state index contributed by atoms with van der Waals surface area (Å²) >= 11 is 0. The fraction of sp³-hybridized carbons (Fsp3) is 0.632. The van der Waals surface area contributed by atoms with Gasteiger partial charge in [-0.15, -0.1) is 0 Å². The molecular weight excluding hydrogens is 398 g/mol. The third-order valence-corrected chi connectivity index (χ3v) is 5.92. The number of aromatic nitrogens is 1. The Morgan fingerprint density at radius 3 is 2.93 bits per heavy atom. The summed E-state index contributed by atoms with van der Waals surface area (Å²) < 4.78 is 5.84. The van der Waals surface area contributed by atoms with E-state index in [1.807, 2.05) is 32.0 Å². The minimum absolute atomic E-state index is 0.0659. The molecule has 1 rings (SSSR count). The number of rotatable bonds is 16. The zero-order chi connectivity index (χ0) is 20.7. The van der Waals surface area contributed by atoms with Crippen molar-refractivity contribution in [3.05, 3.63) is 24.4 Å². The van der Waals surface area contributed by atoms with Crippen LogP contribution < -0.4 is 5.32 Å². The van der Waals surface area contributed by atoms with Crippen molar-refractivity contribution in [2.45, 2.75) is 50.2 Å². The monoisotopic (exact) mass is 429 g/mol. The number of carbonyl (C=O) groups excluding carboxylic acids is 2. The predicted molar refractivity (Wildman–Crippen MR) is 114 cm³/mol. The molecule has 0 aliphatic rings. The summed E-state index contributed by atoms with van der Waals surface area (Å²) in [6.45, 7) is 5.34. The highest BCUT2D eigenvalue weighted by atomic mass is 33.1. The maximum atomic E-state index is 11.9. The standard InChI is InChI=1S/C19H31N3O4S2/c1-19(2,25-16-22(3)26-14-7-13-23)10-6-12-20-17(24)9-15-27-28-18-8-4-5-11-21-18/h4-5,8,11,13H,6-7,9-10,12,14-16H2,1-3H3,(H,20,24). The van der Waals surface area contributed by atoms with Crippen molar-refractivity contribution in [2.24, 2.45) is 0 Å². The van der Waals surface area contributed by atoms with Crippen LogP contribution in [0.3, 0.4) is 0 Å². The lowest BCUT2D eigenvalue weighted by atomic mass is 10.0. The first-order valence-corrected chi connectivity index (χ1v) is 11.6. The van der Waals surface area contributed by atoms with Crippen LogP contribution in [0.4, 0.5) is 0 Å². The predicted octanol–water partition coefficient (Wildman–Crippen LogP) is 3.31. The Morgan fingerprint density at radius 1 is 1.39 bits per heavy atom. The molecule has 1 heterocycles. The highest BCUT2D eigenvalue weighted by Gasteiger charge is 2.19. The van der Waals surface area contributed by atoms with Crippen LogP contribution in [0.5, 0.6) is 0 Å². The number of amides is 1. The van der Waals surface area contributed by atoms with Crippen molar-refractivity contribution in [1.29, 1.82) is 0 Å². The number of pyridine rings is 1. The van der Waals surface area contributed by atoms with Gasteiger partial charge in [0.05, 0.1) is 12.2 Å². The van der Waals surface area contributed by atoms with Gasteiger partial charge in [0.25, 0.3) is 0 Å². The molecule has 0 atom stereocenters. The molecule has 0 aromatic carbocycles. The lowest BCUT2D eigenvalue weighted by Crippen LogP contribution is -2.33. The summed E-state index contributed by atoms with van der Waals surface area (Å²) in [6, 6.07) is 5.79. The van der Waals surface area contributed by atoms with Gasteiger partial charge in [-0.3, -0.25) is 9.63 Å². The van der Waals surface area contributed by atoms with Gasteiger partial charge in [0, 0.05) is 38.4 Å². The molecule has 158 valence electrons. The summed E-state index contributed by atoms with van der Waals surface area (Å²) in [4.78, 5) is 31.7. The van der Waals surface area contributed by atoms with E-state index in [4.69, 9.17) is 9.57 Å². The molecule has 1 aromatic rings. The van der Waals surface area contributed by atoms with E-state index in [1.54, 1.807) is 39.9 Å². The molecule has 9 heteroatoms. The number of aldehydes is 1. The summed E-state index contributed by atoms with van der Waals surface area (Å²) in [5.41, 5.74) is -0.317. The van der Waals surface area contributed by atoms with Crippen molar-refractivity contribution in [2.75, 3.05) is 32.7 Å². The first-order valence-electron chi connectivity index (χ1n) is 9.32. The topological polar surface area (TPSA) is 80.8 Å². The van der Waals surface area contributed by atoms with Gasteiger partial charge in [-0.25, -0.2) is 4.98 Å². The molecule has 28 heavy (non-hydrogen) atoms. The second-order valence-electron chi connectivity index (χ2n) is 6.73. The number of hydrogen-bond donors (Lipinski definition) is 1. The van der Waals surface area contributed by atoms with Gasteiger partial charge in [-0.2, -0.15) is 5.06 Å². The van der Waals surface area contributed by atoms with E-state index in [0.717, 1.165) is 29.9 Å². The molecule has 0 radical (unpaired) electrons. The number of nitrogens with zero attached hydrogens (tertiary/aromatic N) is 2. The van der Waals surface area contributed by atoms with Crippen molar-refractivity contribution in [1.82, 2.24) is 15.4 Å². The summed E-state index contributed by atoms with van der Waals surface area (Å²) in [7, 11) is 4.99. The largest absolute Gasteiger partial charge is 0.358 e. The Bertz CT molecular complexity index is 561. The summed E-state index contributed by atoms with van der Waals surface area (Å²) in [5, 5.41) is 5.48. The smallest absolute Gasteiger partial charge is 0.220 e. The Hall–Kier alpha value is -1.13. The molecule has 0 aliphatic carbocycles. The van der Waals surface area contributed by atoms with Crippen LogP contribution in [0.25, 0.3) is 0 Å². The molecule has 0 spiro atoms. The van der Waals surface area contributed by atoms with Crippen LogP contribution in [0.1, 0.15) is 39.5 Å². The lowest BCUT2D eigenvalue weighted by molar-refractivity contribution is -0.216. The minimum atomic E-state index is -0.317. The highest BCUT2D eigenvalue weighted by Crippen LogP contribution is 2.29. The fourth-order valence-corrected chi connectivity index (χ4v) is 3.96. The average Bonchev–Trinajstić information content (AvgIpc) is 2.68. The molecule has 0 fully saturated rings. The molecule has 0 saturated heterocycles. The van der Waals surface area contributed by atoms with Gasteiger partial charge in [0.2, 0.25) is 5.91 Å². The van der Waals surface area contributed by atoms with Crippen LogP contribution in [0, 0.1) is 0 Å². The van der Waals surface area contributed by atoms with E-state index in [-0.39, 0.29) is 11.5 Å². The molecule has 0 saturated carbocycles. The van der Waals surface area contributed by atoms with Crippen LogP contribution in [0.15, 0.2) is 29.4 Å². The molecule has 1 amide bonds. The third kappa shape index (κ3) is 13.1. The van der Waals surface area contributed by atoms with E-state index in [9.17, 15) is 9.59 Å². The molecule has 1 N–H and O–H groups in total. The first kappa shape index (κ1) is 24.9. The van der Waals surface area contributed by atoms with Gasteiger partial charge in [0.1, 0.15) is 18.0 Å². The summed E-state index contributed by atoms with van der Waals surface area (Å²) in [5.74, 6) is 0.814. The molecule has 7 nitrogen and oxygen atoms in total. The maximum absolute atomic E-state index is 11.9. The normalized spacial score (nSPS) is 11.6. The molecular formula is C19H31N3O4S2. The second kappa shape index (κ2) is 14.8. The molecule has 0 aliphatic heterocycles. The Labute approximate surface area is 175 Å². The van der Waals surface area contributed by atoms with Crippen LogP contribution >= 0.6 is 21.6 Å². The molecule has 0 unspecified atom stereocenters. The van der Waals surface area contributed by atoms with Crippen molar-refractivity contribution >= 4 is 33.8 Å². The number of ether oxygens (including phenoxy) is 1. The number of hydrogen-bond acceptors (Lipinski definition) is 8. The second-order valence-corrected chi connectivity index (χ2v) is 9.16. The van der Waals surface area contributed by atoms with E-state index in [0.29, 0.717) is 32.7 Å². The average molecular weight is 430 g/mol. The molecule has 1 aromatic heterocycles. The van der Waals surface area contributed by atoms with Crippen LogP contribution in [-0.4, -0.2) is 60.5 Å². The Kier molecular flexibility index (Phi) is 13.2. The van der Waals surface area contributed by atoms with Crippen LogP contribution in [-0.2, 0) is 19.2 Å². The van der Waals surface area contributed by atoms with Gasteiger partial charge in [-0.05, 0) is 49.6 Å². The van der Waals surface area contributed by atoms with Crippen LogP contribution in [0.2, 0.25) is 0 Å². The first-order chi connectivity index (χ1) is 13.4. The van der Waals surface area contributed by atoms with E-state index < -0.39 is 0 Å². The number of hydroxylamine groups is 2. The maximum Gasteiger partial charge on any atom is 0.220 e. The van der Waals surface area contributed by atoms with Crippen molar-refractivity contribution in [3.63, 3.8) is 0 Å². The van der Waals surface area contributed by atoms with Gasteiger partial charge >= 0.3 is 0 Å². The van der Waals surface area contributed by atoms with Gasteiger partial charge in [0.15, 0.2) is 0 Å². The fourth-order valence-electron chi connectivity index (χ4n) is 2.09. The zero-order valence-corrected chi connectivity index (χ0v) is 18.5. The Morgan fingerprint density at radius 2 is 2.21 bits per heavy atom. The van der Waals surface area contributed by atoms with E-state index >= 15 is 0 Å². The Balaban J connectivity index is 2.04. The van der Waals surface area contributed by atoms with Gasteiger partial charge < -0.3 is 14.8 Å². The third-order valence-electron chi connectivity index (χ3n) is 3.66. The van der Waals surface area contributed by atoms with E-state index in [1.165, 1.54) is 0 Å². The van der Waals surface area contributed by atoms with Gasteiger partial charge in [-0.1, -0.05) is 16.9 Å². The lowest BCUT2D eigenvalue weighted by Gasteiger charge is -2.28. The zero-order valence-electron chi connectivity index (χ0n) is 16.9. The number of carbonyl (C=O) groups is 2. The van der Waals surface area contributed by atoms with Crippen molar-refractivity contribution < 1.29 is 19.2 Å². The summed E-state index contributed by atoms with van der Waals surface area (Å²) in [6.07, 6.45) is 5.11. The SMILES string of the molecule is CN(COC(C)(C)CCCNC(=O)CCSSc1ccccn1)OCCC=O. The highest BCUT2D eigenvalue weighted by molar-refractivity contribution is 8.76. The molecule has 0 bridgehead atoms. The van der Waals surface area contributed by atoms with E-state index in [2.05, 4.69) is 10.3 Å². The minimum Gasteiger partial charge on any atom is -0.358 e. The van der Waals surface area contributed by atoms with Crippen molar-refractivity contribution in [3.8, 4) is 0 Å². The quantitative estimate of drug-likeness (QED) is 0.141.